The van der Waals surface area contributed by atoms with E-state index in [2.05, 4.69) is 5.32 Å². The van der Waals surface area contributed by atoms with Crippen LogP contribution in [0.2, 0.25) is 5.02 Å². The van der Waals surface area contributed by atoms with Gasteiger partial charge in [0.2, 0.25) is 0 Å². The van der Waals surface area contributed by atoms with Crippen LogP contribution in [0.15, 0.2) is 76.7 Å². The molecule has 9 heteroatoms. The van der Waals surface area contributed by atoms with Crippen molar-refractivity contribution >= 4 is 46.1 Å². The summed E-state index contributed by atoms with van der Waals surface area (Å²) in [5.41, 5.74) is 2.82. The molecule has 1 unspecified atom stereocenters. The summed E-state index contributed by atoms with van der Waals surface area (Å²) in [6.07, 6.45) is 0. The third-order valence-electron chi connectivity index (χ3n) is 5.21. The van der Waals surface area contributed by atoms with Gasteiger partial charge in [0.25, 0.3) is 11.6 Å². The fourth-order valence-corrected chi connectivity index (χ4v) is 3.83. The Morgan fingerprint density at radius 3 is 2.33 bits per heavy atom. The first-order chi connectivity index (χ1) is 15.9. The summed E-state index contributed by atoms with van der Waals surface area (Å²) in [6, 6.07) is 18.7. The molecule has 0 spiro atoms. The van der Waals surface area contributed by atoms with Crippen molar-refractivity contribution in [3.63, 3.8) is 0 Å². The number of methoxy groups -OCH3 is 1. The van der Waals surface area contributed by atoms with Crippen LogP contribution < -0.4 is 10.1 Å². The molecule has 0 aromatic heterocycles. The maximum Gasteiger partial charge on any atom is 0.287 e. The van der Waals surface area contributed by atoms with Crippen molar-refractivity contribution < 1.29 is 14.5 Å². The molecule has 1 N–H and O–H groups in total. The number of nitro benzene ring substituents is 1. The number of nitrogens with one attached hydrogen (secondary N) is 1. The summed E-state index contributed by atoms with van der Waals surface area (Å²) in [6.45, 7) is 1.88. The lowest BCUT2D eigenvalue weighted by Gasteiger charge is -2.20. The second kappa shape index (κ2) is 9.22. The number of fused-ring (bicyclic) bond motifs is 1. The van der Waals surface area contributed by atoms with Crippen LogP contribution in [0.1, 0.15) is 28.8 Å². The molecule has 3 aromatic carbocycles. The molecule has 0 saturated heterocycles. The van der Waals surface area contributed by atoms with E-state index in [4.69, 9.17) is 26.3 Å². The molecule has 8 nitrogen and oxygen atoms in total. The normalized spacial score (nSPS) is 14.9. The van der Waals surface area contributed by atoms with Gasteiger partial charge in [-0.1, -0.05) is 35.9 Å². The molecule has 4 rings (SSSR count). The molecule has 1 aliphatic heterocycles. The Bertz CT molecular complexity index is 1300. The Morgan fingerprint density at radius 2 is 1.73 bits per heavy atom. The van der Waals surface area contributed by atoms with Gasteiger partial charge in [0, 0.05) is 17.3 Å². The van der Waals surface area contributed by atoms with Gasteiger partial charge in [-0.25, -0.2) is 4.99 Å². The summed E-state index contributed by atoms with van der Waals surface area (Å²) in [4.78, 5) is 33.0. The zero-order valence-corrected chi connectivity index (χ0v) is 18.5. The maximum atomic E-state index is 13.1. The van der Waals surface area contributed by atoms with E-state index in [1.165, 1.54) is 18.2 Å². The Hall–Kier alpha value is -4.04. The van der Waals surface area contributed by atoms with Crippen LogP contribution >= 0.6 is 11.6 Å². The monoisotopic (exact) mass is 462 g/mol. The number of carbonyl (C=O) groups is 1. The van der Waals surface area contributed by atoms with Crippen LogP contribution in [0.5, 0.6) is 5.75 Å². The summed E-state index contributed by atoms with van der Waals surface area (Å²) in [7, 11) is 1.59. The second-order valence-corrected chi connectivity index (χ2v) is 7.73. The molecule has 0 saturated carbocycles. The van der Waals surface area contributed by atoms with E-state index in [0.717, 1.165) is 11.3 Å². The number of hydrogen-bond acceptors (Lipinski definition) is 6. The molecule has 3 aromatic rings. The molecule has 166 valence electrons. The molecule has 1 atom stereocenters. The molecule has 0 fully saturated rings. The van der Waals surface area contributed by atoms with E-state index in [1.54, 1.807) is 7.11 Å². The predicted octanol–water partition coefficient (Wildman–Crippen LogP) is 5.61. The molecule has 0 radical (unpaired) electrons. The van der Waals surface area contributed by atoms with Crippen molar-refractivity contribution in [2.45, 2.75) is 12.8 Å². The average Bonchev–Trinajstić information content (AvgIpc) is 2.94. The highest BCUT2D eigenvalue weighted by Crippen LogP contribution is 2.35. The number of amidine groups is 1. The quantitative estimate of drug-likeness (QED) is 0.402. The number of hydrogen-bond donors (Lipinski definition) is 1. The van der Waals surface area contributed by atoms with Crippen LogP contribution in [-0.2, 0) is 0 Å². The molecule has 1 heterocycles. The number of rotatable bonds is 4. The first-order valence-corrected chi connectivity index (χ1v) is 10.4. The molecular weight excluding hydrogens is 444 g/mol. The van der Waals surface area contributed by atoms with Gasteiger partial charge in [-0.3, -0.25) is 19.9 Å². The molecule has 33 heavy (non-hydrogen) atoms. The Morgan fingerprint density at radius 1 is 1.06 bits per heavy atom. The fraction of sp³-hybridized carbons (Fsp3) is 0.125. The van der Waals surface area contributed by atoms with E-state index in [1.807, 2.05) is 55.5 Å². The van der Waals surface area contributed by atoms with E-state index < -0.39 is 16.7 Å². The van der Waals surface area contributed by atoms with Gasteiger partial charge in [-0.05, 0) is 48.9 Å². The summed E-state index contributed by atoms with van der Waals surface area (Å²) >= 11 is 6.00. The third-order valence-corrected chi connectivity index (χ3v) is 5.51. The highest BCUT2D eigenvalue weighted by Gasteiger charge is 2.27. The summed E-state index contributed by atoms with van der Waals surface area (Å²) in [5, 5.41) is 13.8. The van der Waals surface area contributed by atoms with Crippen LogP contribution in [0.3, 0.4) is 0 Å². The number of ether oxygens (including phenoxy) is 1. The van der Waals surface area contributed by atoms with Crippen molar-refractivity contribution in [1.29, 1.82) is 0 Å². The molecule has 1 amide bonds. The van der Waals surface area contributed by atoms with Crippen molar-refractivity contribution in [3.8, 4) is 5.75 Å². The van der Waals surface area contributed by atoms with Crippen molar-refractivity contribution in [1.82, 2.24) is 5.32 Å². The first kappa shape index (κ1) is 22.2. The van der Waals surface area contributed by atoms with Crippen LogP contribution in [0.25, 0.3) is 0 Å². The Labute approximate surface area is 194 Å². The number of carbonyl (C=O) groups excluding carboxylic acids is 1. The number of para-hydroxylation sites is 2. The largest absolute Gasteiger partial charge is 0.497 e. The maximum absolute atomic E-state index is 13.1. The number of amides is 1. The van der Waals surface area contributed by atoms with Gasteiger partial charge in [-0.15, -0.1) is 0 Å². The number of aliphatic imine (C=N–C) groups is 2. The molecule has 0 aliphatic carbocycles. The van der Waals surface area contributed by atoms with Gasteiger partial charge < -0.3 is 10.1 Å². The van der Waals surface area contributed by atoms with E-state index >= 15 is 0 Å². The smallest absolute Gasteiger partial charge is 0.287 e. The number of benzene rings is 3. The minimum absolute atomic E-state index is 0.120. The van der Waals surface area contributed by atoms with Gasteiger partial charge in [0.15, 0.2) is 0 Å². The molecular formula is C24H19ClN4O4. The topological polar surface area (TPSA) is 106 Å². The minimum Gasteiger partial charge on any atom is -0.497 e. The summed E-state index contributed by atoms with van der Waals surface area (Å²) < 4.78 is 5.25. The van der Waals surface area contributed by atoms with Crippen LogP contribution in [0.4, 0.5) is 17.1 Å². The zero-order valence-electron chi connectivity index (χ0n) is 17.8. The van der Waals surface area contributed by atoms with Crippen molar-refractivity contribution in [2.24, 2.45) is 9.98 Å². The van der Waals surface area contributed by atoms with Crippen LogP contribution in [0, 0.1) is 10.1 Å². The lowest BCUT2D eigenvalue weighted by Crippen LogP contribution is -2.37. The SMILES string of the molecule is COc1ccc(C2C(C)=Nc3ccccc3N=C2NC(=O)c2ccc([N+](=O)[O-])c(Cl)c2)cc1. The highest BCUT2D eigenvalue weighted by atomic mass is 35.5. The lowest BCUT2D eigenvalue weighted by molar-refractivity contribution is -0.384. The van der Waals surface area contributed by atoms with Crippen molar-refractivity contribution in [2.75, 3.05) is 7.11 Å². The molecule has 1 aliphatic rings. The van der Waals surface area contributed by atoms with Gasteiger partial charge in [0.1, 0.15) is 16.6 Å². The highest BCUT2D eigenvalue weighted by molar-refractivity contribution is 6.33. The second-order valence-electron chi connectivity index (χ2n) is 7.32. The zero-order chi connectivity index (χ0) is 23.5. The number of nitro groups is 1. The van der Waals surface area contributed by atoms with Gasteiger partial charge in [-0.2, -0.15) is 0 Å². The molecule has 0 bridgehead atoms. The number of halogens is 1. The van der Waals surface area contributed by atoms with E-state index in [-0.39, 0.29) is 16.3 Å². The first-order valence-electron chi connectivity index (χ1n) is 9.99. The number of nitrogens with zero attached hydrogens (tertiary/aromatic N) is 3. The standard InChI is InChI=1S/C24H19ClN4O4/c1-14-22(15-7-10-17(33-2)11-8-15)23(27-20-6-4-3-5-19(20)26-14)28-24(30)16-9-12-21(29(31)32)18(25)13-16/h3-13,22H,1-2H3,(H,27,28,30). The predicted molar refractivity (Wildman–Crippen MR) is 128 cm³/mol. The lowest BCUT2D eigenvalue weighted by atomic mass is 9.93. The van der Waals surface area contributed by atoms with E-state index in [9.17, 15) is 14.9 Å². The third kappa shape index (κ3) is 4.61. The van der Waals surface area contributed by atoms with Crippen molar-refractivity contribution in [3.05, 3.63) is 93.0 Å². The van der Waals surface area contributed by atoms with E-state index in [0.29, 0.717) is 23.0 Å². The Balaban J connectivity index is 1.75. The average molecular weight is 463 g/mol. The van der Waals surface area contributed by atoms with Crippen LogP contribution in [-0.4, -0.2) is 29.5 Å². The van der Waals surface area contributed by atoms with Gasteiger partial charge >= 0.3 is 0 Å². The minimum atomic E-state index is -0.601. The Kier molecular flexibility index (Phi) is 6.19. The fourth-order valence-electron chi connectivity index (χ4n) is 3.58. The van der Waals surface area contributed by atoms with Gasteiger partial charge in [0.05, 0.1) is 29.3 Å². The summed E-state index contributed by atoms with van der Waals surface area (Å²) in [5.74, 6) is 0.163.